The molecule has 0 radical (unpaired) electrons. The monoisotopic (exact) mass is 313 g/mol. The van der Waals surface area contributed by atoms with Crippen molar-refractivity contribution in [2.45, 2.75) is 24.8 Å². The van der Waals surface area contributed by atoms with Gasteiger partial charge in [0.2, 0.25) is 0 Å². The van der Waals surface area contributed by atoms with E-state index in [9.17, 15) is 4.79 Å². The summed E-state index contributed by atoms with van der Waals surface area (Å²) in [6.45, 7) is 0. The molecule has 21 heavy (non-hydrogen) atoms. The number of alkyl halides is 1. The molecule has 116 valence electrons. The number of hydrogen-bond acceptors (Lipinski definition) is 4. The number of methoxy groups -OCH3 is 3. The summed E-state index contributed by atoms with van der Waals surface area (Å²) in [4.78, 5) is 12.5. The Hall–Kier alpha value is -1.62. The fourth-order valence-electron chi connectivity index (χ4n) is 2.41. The molecular weight excluding hydrogens is 294 g/mol. The first-order valence-electron chi connectivity index (χ1n) is 6.77. The molecule has 2 rings (SSSR count). The van der Waals surface area contributed by atoms with Crippen molar-refractivity contribution in [3.05, 3.63) is 17.7 Å². The lowest BCUT2D eigenvalue weighted by Crippen LogP contribution is -2.55. The minimum absolute atomic E-state index is 0.215. The summed E-state index contributed by atoms with van der Waals surface area (Å²) in [5.41, 5.74) is 0.114. The first-order valence-corrected chi connectivity index (χ1v) is 7.31. The van der Waals surface area contributed by atoms with Crippen molar-refractivity contribution in [3.63, 3.8) is 0 Å². The number of ether oxygens (including phenoxy) is 3. The van der Waals surface area contributed by atoms with E-state index in [0.29, 0.717) is 28.7 Å². The maximum Gasteiger partial charge on any atom is 0.255 e. The van der Waals surface area contributed by atoms with Crippen molar-refractivity contribution in [2.24, 2.45) is 0 Å². The average molecular weight is 314 g/mol. The summed E-state index contributed by atoms with van der Waals surface area (Å²) in [5.74, 6) is 1.63. The highest BCUT2D eigenvalue weighted by Gasteiger charge is 2.38. The Bertz CT molecular complexity index is 523. The van der Waals surface area contributed by atoms with Gasteiger partial charge in [-0.05, 0) is 19.3 Å². The van der Waals surface area contributed by atoms with Crippen molar-refractivity contribution in [2.75, 3.05) is 27.2 Å². The third-order valence-corrected chi connectivity index (χ3v) is 4.41. The Kier molecular flexibility index (Phi) is 4.83. The van der Waals surface area contributed by atoms with Crippen LogP contribution in [-0.4, -0.2) is 38.7 Å². The molecule has 1 amide bonds. The fourth-order valence-corrected chi connectivity index (χ4v) is 2.74. The standard InChI is InChI=1S/C15H20ClNO4/c1-19-11-8-13(21-3)12(20-2)7-10(11)14(18)17-15(9-16)5-4-6-15/h7-8H,4-6,9H2,1-3H3,(H,17,18). The molecule has 0 saturated heterocycles. The third kappa shape index (κ3) is 3.02. The van der Waals surface area contributed by atoms with Gasteiger partial charge < -0.3 is 19.5 Å². The van der Waals surface area contributed by atoms with Gasteiger partial charge in [-0.3, -0.25) is 4.79 Å². The van der Waals surface area contributed by atoms with Crippen molar-refractivity contribution in [3.8, 4) is 17.2 Å². The van der Waals surface area contributed by atoms with Crippen LogP contribution in [0.2, 0.25) is 0 Å². The van der Waals surface area contributed by atoms with Crippen molar-refractivity contribution < 1.29 is 19.0 Å². The predicted octanol–water partition coefficient (Wildman–Crippen LogP) is 2.60. The van der Waals surface area contributed by atoms with Gasteiger partial charge in [0.25, 0.3) is 5.91 Å². The maximum atomic E-state index is 12.5. The van der Waals surface area contributed by atoms with Crippen LogP contribution in [0.25, 0.3) is 0 Å². The van der Waals surface area contributed by atoms with Crippen LogP contribution in [0, 0.1) is 0 Å². The minimum Gasteiger partial charge on any atom is -0.496 e. The number of rotatable bonds is 6. The van der Waals surface area contributed by atoms with E-state index in [1.54, 1.807) is 12.1 Å². The van der Waals surface area contributed by atoms with E-state index in [1.807, 2.05) is 0 Å². The number of benzene rings is 1. The smallest absolute Gasteiger partial charge is 0.255 e. The molecule has 1 aromatic carbocycles. The Morgan fingerprint density at radius 3 is 2.14 bits per heavy atom. The Morgan fingerprint density at radius 2 is 1.71 bits per heavy atom. The first kappa shape index (κ1) is 15.8. The van der Waals surface area contributed by atoms with E-state index < -0.39 is 0 Å². The van der Waals surface area contributed by atoms with Crippen LogP contribution in [-0.2, 0) is 0 Å². The van der Waals surface area contributed by atoms with Crippen molar-refractivity contribution in [1.82, 2.24) is 5.32 Å². The number of carbonyl (C=O) groups is 1. The third-order valence-electron chi connectivity index (χ3n) is 3.90. The number of hydrogen-bond donors (Lipinski definition) is 1. The van der Waals surface area contributed by atoms with Gasteiger partial charge >= 0.3 is 0 Å². The Labute approximate surface area is 129 Å². The quantitative estimate of drug-likeness (QED) is 0.820. The Balaban J connectivity index is 2.31. The molecule has 0 aliphatic heterocycles. The second-order valence-electron chi connectivity index (χ2n) is 5.13. The second-order valence-corrected chi connectivity index (χ2v) is 5.40. The maximum absolute atomic E-state index is 12.5. The van der Waals surface area contributed by atoms with Crippen LogP contribution in [0.15, 0.2) is 12.1 Å². The summed E-state index contributed by atoms with van der Waals surface area (Å²) in [6, 6.07) is 3.26. The number of carbonyl (C=O) groups excluding carboxylic acids is 1. The minimum atomic E-state index is -0.295. The van der Waals surface area contributed by atoms with Crippen LogP contribution in [0.4, 0.5) is 0 Å². The molecule has 1 aliphatic carbocycles. The molecule has 6 heteroatoms. The summed E-state index contributed by atoms with van der Waals surface area (Å²) < 4.78 is 15.7. The average Bonchev–Trinajstić information content (AvgIpc) is 2.49. The molecule has 5 nitrogen and oxygen atoms in total. The molecule has 1 aliphatic rings. The van der Waals surface area contributed by atoms with Crippen molar-refractivity contribution >= 4 is 17.5 Å². The first-order chi connectivity index (χ1) is 10.1. The van der Waals surface area contributed by atoms with Gasteiger partial charge in [-0.1, -0.05) is 0 Å². The molecule has 0 bridgehead atoms. The highest BCUT2D eigenvalue weighted by Crippen LogP contribution is 2.37. The lowest BCUT2D eigenvalue weighted by molar-refractivity contribution is 0.0850. The van der Waals surface area contributed by atoms with E-state index in [-0.39, 0.29) is 11.4 Å². The SMILES string of the molecule is COc1cc(OC)c(C(=O)NC2(CCl)CCC2)cc1OC. The predicted molar refractivity (Wildman–Crippen MR) is 80.9 cm³/mol. The number of nitrogens with one attached hydrogen (secondary N) is 1. The van der Waals surface area contributed by atoms with Gasteiger partial charge in [-0.2, -0.15) is 0 Å². The van der Waals surface area contributed by atoms with E-state index in [1.165, 1.54) is 21.3 Å². The van der Waals surface area contributed by atoms with Crippen LogP contribution in [0.3, 0.4) is 0 Å². The molecule has 1 saturated carbocycles. The van der Waals surface area contributed by atoms with Gasteiger partial charge in [0.15, 0.2) is 11.5 Å². The van der Waals surface area contributed by atoms with E-state index >= 15 is 0 Å². The van der Waals surface area contributed by atoms with Crippen LogP contribution < -0.4 is 19.5 Å². The normalized spacial score (nSPS) is 15.8. The highest BCUT2D eigenvalue weighted by atomic mass is 35.5. The zero-order valence-corrected chi connectivity index (χ0v) is 13.3. The zero-order chi connectivity index (χ0) is 15.5. The van der Waals surface area contributed by atoms with Gasteiger partial charge in [-0.15, -0.1) is 11.6 Å². The zero-order valence-electron chi connectivity index (χ0n) is 12.5. The molecule has 0 aromatic heterocycles. The molecule has 0 unspecified atom stereocenters. The number of halogens is 1. The molecule has 0 atom stereocenters. The van der Waals surface area contributed by atoms with Gasteiger partial charge in [0.1, 0.15) is 5.75 Å². The largest absolute Gasteiger partial charge is 0.496 e. The van der Waals surface area contributed by atoms with E-state index in [0.717, 1.165) is 19.3 Å². The van der Waals surface area contributed by atoms with E-state index in [2.05, 4.69) is 5.32 Å². The lowest BCUT2D eigenvalue weighted by Gasteiger charge is -2.41. The number of amides is 1. The fraction of sp³-hybridized carbons (Fsp3) is 0.533. The summed E-state index contributed by atoms with van der Waals surface area (Å²) in [6.07, 6.45) is 2.88. The molecular formula is C15H20ClNO4. The van der Waals surface area contributed by atoms with Gasteiger partial charge in [-0.25, -0.2) is 0 Å². The molecule has 0 spiro atoms. The lowest BCUT2D eigenvalue weighted by atomic mass is 9.78. The van der Waals surface area contributed by atoms with Crippen LogP contribution in [0.5, 0.6) is 17.2 Å². The summed E-state index contributed by atoms with van der Waals surface area (Å²) in [7, 11) is 4.57. The van der Waals surface area contributed by atoms with Crippen LogP contribution in [0.1, 0.15) is 29.6 Å². The molecule has 1 N–H and O–H groups in total. The summed E-state index contributed by atoms with van der Waals surface area (Å²) >= 11 is 5.98. The van der Waals surface area contributed by atoms with Crippen molar-refractivity contribution in [1.29, 1.82) is 0 Å². The van der Waals surface area contributed by atoms with Gasteiger partial charge in [0, 0.05) is 18.0 Å². The Morgan fingerprint density at radius 1 is 1.14 bits per heavy atom. The molecule has 1 fully saturated rings. The van der Waals surface area contributed by atoms with Gasteiger partial charge in [0.05, 0.1) is 32.4 Å². The molecule has 1 aromatic rings. The van der Waals surface area contributed by atoms with E-state index in [4.69, 9.17) is 25.8 Å². The topological polar surface area (TPSA) is 56.8 Å². The second kappa shape index (κ2) is 6.43. The van der Waals surface area contributed by atoms with Crippen LogP contribution >= 0.6 is 11.6 Å². The summed E-state index contributed by atoms with van der Waals surface area (Å²) in [5, 5.41) is 3.01. The highest BCUT2D eigenvalue weighted by molar-refractivity contribution is 6.19. The molecule has 0 heterocycles.